The summed E-state index contributed by atoms with van der Waals surface area (Å²) >= 11 is 0. The van der Waals surface area contributed by atoms with Crippen molar-refractivity contribution in [1.82, 2.24) is 9.80 Å². The molecular formula is C40H54N4O5. The van der Waals surface area contributed by atoms with Gasteiger partial charge in [0, 0.05) is 64.5 Å². The molecule has 9 nitrogen and oxygen atoms in total. The lowest BCUT2D eigenvalue weighted by Crippen LogP contribution is -2.42. The fourth-order valence-corrected chi connectivity index (χ4v) is 6.29. The van der Waals surface area contributed by atoms with Crippen LogP contribution in [-0.2, 0) is 14.9 Å². The average molecular weight is 671 g/mol. The number of hydrogen-bond acceptors (Lipinski definition) is 6. The van der Waals surface area contributed by atoms with Crippen LogP contribution in [0.1, 0.15) is 81.6 Å². The number of carbonyl (C=O) groups is 3. The molecule has 0 saturated carbocycles. The van der Waals surface area contributed by atoms with Crippen molar-refractivity contribution >= 4 is 29.3 Å². The molecule has 264 valence electrons. The fraction of sp³-hybridized carbons (Fsp3) is 0.475. The first-order valence-corrected chi connectivity index (χ1v) is 17.6. The molecule has 2 amide bonds. The molecule has 0 spiro atoms. The van der Waals surface area contributed by atoms with Crippen LogP contribution in [0, 0.1) is 0 Å². The molecule has 0 aromatic heterocycles. The van der Waals surface area contributed by atoms with Gasteiger partial charge in [0.25, 0.3) is 0 Å². The summed E-state index contributed by atoms with van der Waals surface area (Å²) in [6, 6.07) is 23.3. The van der Waals surface area contributed by atoms with Crippen LogP contribution in [0.3, 0.4) is 0 Å². The quantitative estimate of drug-likeness (QED) is 0.159. The number of rotatable bonds is 15. The first kappa shape index (κ1) is 37.4. The Labute approximate surface area is 292 Å². The number of nitrogens with one attached hydrogen (secondary N) is 1. The Morgan fingerprint density at radius 3 is 2.24 bits per heavy atom. The van der Waals surface area contributed by atoms with Gasteiger partial charge in [0.15, 0.2) is 0 Å². The molecule has 1 aliphatic rings. The Bertz CT molecular complexity index is 1530. The lowest BCUT2D eigenvalue weighted by molar-refractivity contribution is -0.130. The predicted octanol–water partition coefficient (Wildman–Crippen LogP) is 7.91. The van der Waals surface area contributed by atoms with Gasteiger partial charge in [0.2, 0.25) is 5.91 Å². The molecule has 1 saturated heterocycles. The second kappa shape index (κ2) is 17.9. The minimum Gasteiger partial charge on any atom is -0.478 e. The minimum atomic E-state index is -0.894. The van der Waals surface area contributed by atoms with Gasteiger partial charge in [0.05, 0.1) is 11.3 Å². The standard InChI is InChI=1S/C40H54N4O5/c1-40(2,3)35-29-31(20-21-34(35)38(46)47)42(4)24-14-7-6-11-19-37(45)43(5)27-28-44-25-22-32(23-26-44)49-39(48)41-36-18-13-12-17-33(36)30-15-9-8-10-16-30/h8-10,12-13,15-18,20-21,29,32H,6-7,11,14,19,22-28H2,1-5H3,(H,41,48)(H,46,47). The molecule has 4 rings (SSSR count). The van der Waals surface area contributed by atoms with Crippen LogP contribution in [0.2, 0.25) is 0 Å². The zero-order valence-corrected chi connectivity index (χ0v) is 29.9. The number of unbranched alkanes of at least 4 members (excludes halogenated alkanes) is 3. The highest BCUT2D eigenvalue weighted by Gasteiger charge is 2.24. The van der Waals surface area contributed by atoms with E-state index < -0.39 is 12.1 Å². The fourth-order valence-electron chi connectivity index (χ4n) is 6.29. The number of anilines is 2. The molecule has 0 bridgehead atoms. The van der Waals surface area contributed by atoms with Crippen LogP contribution in [0.5, 0.6) is 0 Å². The Kier molecular flexibility index (Phi) is 13.6. The summed E-state index contributed by atoms with van der Waals surface area (Å²) in [6.07, 6.45) is 5.45. The number of piperidine rings is 1. The van der Waals surface area contributed by atoms with E-state index in [1.54, 1.807) is 6.07 Å². The normalized spacial score (nSPS) is 13.9. The van der Waals surface area contributed by atoms with Crippen LogP contribution >= 0.6 is 0 Å². The van der Waals surface area contributed by atoms with Crippen LogP contribution in [-0.4, -0.2) is 85.8 Å². The topological polar surface area (TPSA) is 102 Å². The van der Waals surface area contributed by atoms with Gasteiger partial charge in [-0.05, 0) is 66.5 Å². The highest BCUT2D eigenvalue weighted by Crippen LogP contribution is 2.30. The summed E-state index contributed by atoms with van der Waals surface area (Å²) in [6.45, 7) is 10.1. The maximum Gasteiger partial charge on any atom is 0.411 e. The van der Waals surface area contributed by atoms with Crippen molar-refractivity contribution in [2.45, 2.75) is 77.2 Å². The number of hydrogen-bond donors (Lipinski definition) is 2. The Morgan fingerprint density at radius 2 is 1.55 bits per heavy atom. The molecule has 1 aliphatic heterocycles. The number of carbonyl (C=O) groups excluding carboxylic acids is 2. The number of aromatic carboxylic acids is 1. The predicted molar refractivity (Wildman–Crippen MR) is 198 cm³/mol. The first-order valence-electron chi connectivity index (χ1n) is 17.6. The van der Waals surface area contributed by atoms with Gasteiger partial charge in [0.1, 0.15) is 6.10 Å². The van der Waals surface area contributed by atoms with Crippen molar-refractivity contribution in [3.05, 3.63) is 83.9 Å². The van der Waals surface area contributed by atoms with Crippen molar-refractivity contribution in [2.24, 2.45) is 0 Å². The minimum absolute atomic E-state index is 0.127. The summed E-state index contributed by atoms with van der Waals surface area (Å²) in [5, 5.41) is 12.5. The van der Waals surface area contributed by atoms with Crippen molar-refractivity contribution in [3.8, 4) is 11.1 Å². The zero-order valence-electron chi connectivity index (χ0n) is 29.9. The molecule has 0 aliphatic carbocycles. The number of ether oxygens (including phenoxy) is 1. The number of carboxylic acid groups (broad SMARTS) is 1. The van der Waals surface area contributed by atoms with E-state index in [1.807, 2.05) is 106 Å². The van der Waals surface area contributed by atoms with E-state index in [2.05, 4.69) is 15.1 Å². The van der Waals surface area contributed by atoms with Crippen molar-refractivity contribution in [1.29, 1.82) is 0 Å². The number of carboxylic acids is 1. The van der Waals surface area contributed by atoms with Gasteiger partial charge in [-0.25, -0.2) is 9.59 Å². The molecule has 0 radical (unpaired) electrons. The lowest BCUT2D eigenvalue weighted by atomic mass is 9.83. The van der Waals surface area contributed by atoms with Crippen molar-refractivity contribution < 1.29 is 24.2 Å². The second-order valence-electron chi connectivity index (χ2n) is 14.2. The average Bonchev–Trinajstić information content (AvgIpc) is 3.09. The van der Waals surface area contributed by atoms with Crippen LogP contribution in [0.15, 0.2) is 72.8 Å². The number of likely N-dealkylation sites (N-methyl/N-ethyl adjacent to an activating group) is 1. The van der Waals surface area contributed by atoms with Crippen LogP contribution in [0.25, 0.3) is 11.1 Å². The maximum absolute atomic E-state index is 12.8. The molecule has 1 fully saturated rings. The van der Waals surface area contributed by atoms with Gasteiger partial charge < -0.3 is 24.5 Å². The van der Waals surface area contributed by atoms with Gasteiger partial charge >= 0.3 is 12.1 Å². The highest BCUT2D eigenvalue weighted by atomic mass is 16.6. The van der Waals surface area contributed by atoms with E-state index in [0.29, 0.717) is 18.5 Å². The van der Waals surface area contributed by atoms with E-state index in [4.69, 9.17) is 4.74 Å². The Balaban J connectivity index is 1.08. The summed E-state index contributed by atoms with van der Waals surface area (Å²) in [4.78, 5) is 43.5. The Morgan fingerprint density at radius 1 is 0.878 bits per heavy atom. The van der Waals surface area contributed by atoms with E-state index in [9.17, 15) is 19.5 Å². The number of benzene rings is 3. The lowest BCUT2D eigenvalue weighted by Gasteiger charge is -2.32. The molecule has 3 aromatic carbocycles. The van der Waals surface area contributed by atoms with Gasteiger partial charge in [-0.1, -0.05) is 82.1 Å². The summed E-state index contributed by atoms with van der Waals surface area (Å²) in [7, 11) is 3.92. The molecule has 1 heterocycles. The SMILES string of the molecule is CN(CCN1CCC(OC(=O)Nc2ccccc2-c2ccccc2)CC1)C(=O)CCCCCCN(C)c1ccc(C(=O)O)c(C(C)(C)C)c1. The zero-order chi connectivity index (χ0) is 35.4. The molecule has 49 heavy (non-hydrogen) atoms. The van der Waals surface area contributed by atoms with E-state index >= 15 is 0 Å². The number of amides is 2. The van der Waals surface area contributed by atoms with Gasteiger partial charge in [-0.3, -0.25) is 10.1 Å². The Hall–Kier alpha value is -4.37. The third-order valence-corrected chi connectivity index (χ3v) is 9.35. The highest BCUT2D eigenvalue weighted by molar-refractivity contribution is 5.92. The van der Waals surface area contributed by atoms with Crippen LogP contribution in [0.4, 0.5) is 16.2 Å². The third kappa shape index (κ3) is 11.3. The molecule has 0 unspecified atom stereocenters. The number of likely N-dealkylation sites (tertiary alicyclic amines) is 1. The van der Waals surface area contributed by atoms with E-state index in [1.165, 1.54) is 0 Å². The first-order chi connectivity index (χ1) is 23.4. The number of nitrogens with zero attached hydrogens (tertiary/aromatic N) is 3. The largest absolute Gasteiger partial charge is 0.478 e. The third-order valence-electron chi connectivity index (χ3n) is 9.35. The van der Waals surface area contributed by atoms with Gasteiger partial charge in [-0.2, -0.15) is 0 Å². The monoisotopic (exact) mass is 670 g/mol. The van der Waals surface area contributed by atoms with Crippen LogP contribution < -0.4 is 10.2 Å². The molecule has 0 atom stereocenters. The van der Waals surface area contributed by atoms with Crippen molar-refractivity contribution in [3.63, 3.8) is 0 Å². The molecule has 9 heteroatoms. The van der Waals surface area contributed by atoms with E-state index in [0.717, 1.165) is 92.8 Å². The summed E-state index contributed by atoms with van der Waals surface area (Å²) in [5.41, 5.74) is 4.68. The van der Waals surface area contributed by atoms with Gasteiger partial charge in [-0.15, -0.1) is 0 Å². The summed E-state index contributed by atoms with van der Waals surface area (Å²) in [5.74, 6) is -0.717. The molecule has 3 aromatic rings. The second-order valence-corrected chi connectivity index (χ2v) is 14.2. The van der Waals surface area contributed by atoms with Crippen molar-refractivity contribution in [2.75, 3.05) is 57.0 Å². The smallest absolute Gasteiger partial charge is 0.411 e. The summed E-state index contributed by atoms with van der Waals surface area (Å²) < 4.78 is 5.77. The maximum atomic E-state index is 12.8. The number of para-hydroxylation sites is 1. The molecular weight excluding hydrogens is 616 g/mol. The van der Waals surface area contributed by atoms with E-state index in [-0.39, 0.29) is 17.4 Å². The molecule has 2 N–H and O–H groups in total.